The Morgan fingerprint density at radius 3 is 2.90 bits per heavy atom. The predicted molar refractivity (Wildman–Crippen MR) is 71.4 cm³/mol. The number of carbonyl (C=O) groups is 1. The van der Waals surface area contributed by atoms with Crippen LogP contribution in [0.2, 0.25) is 0 Å². The maximum absolute atomic E-state index is 13.5. The Morgan fingerprint density at radius 2 is 2.20 bits per heavy atom. The summed E-state index contributed by atoms with van der Waals surface area (Å²) in [5.41, 5.74) is -0.259. The highest BCUT2D eigenvalue weighted by molar-refractivity contribution is 5.94. The van der Waals surface area contributed by atoms with E-state index in [0.717, 1.165) is 12.5 Å². The molecule has 1 aliphatic heterocycles. The van der Waals surface area contributed by atoms with Gasteiger partial charge in [0.1, 0.15) is 0 Å². The van der Waals surface area contributed by atoms with Gasteiger partial charge < -0.3 is 10.1 Å². The number of halogens is 2. The molecule has 2 atom stereocenters. The Balaban J connectivity index is 1.97. The first kappa shape index (κ1) is 14.9. The molecule has 0 radical (unpaired) electrons. The van der Waals surface area contributed by atoms with Crippen LogP contribution in [0.4, 0.5) is 8.78 Å². The van der Waals surface area contributed by atoms with Crippen molar-refractivity contribution in [2.45, 2.75) is 26.4 Å². The molecule has 1 aromatic rings. The molecule has 2 rings (SSSR count). The topological polar surface area (TPSA) is 38.3 Å². The van der Waals surface area contributed by atoms with Crippen molar-refractivity contribution >= 4 is 5.91 Å². The number of nitrogens with one attached hydrogen (secondary N) is 1. The molecule has 110 valence electrons. The van der Waals surface area contributed by atoms with Gasteiger partial charge in [0, 0.05) is 19.1 Å². The summed E-state index contributed by atoms with van der Waals surface area (Å²) in [4.78, 5) is 11.9. The van der Waals surface area contributed by atoms with Gasteiger partial charge in [0.25, 0.3) is 5.91 Å². The summed E-state index contributed by atoms with van der Waals surface area (Å²) >= 11 is 0. The number of hydrogen-bond acceptors (Lipinski definition) is 2. The van der Waals surface area contributed by atoms with E-state index in [2.05, 4.69) is 19.2 Å². The molecular weight excluding hydrogens is 264 g/mol. The monoisotopic (exact) mass is 283 g/mol. The van der Waals surface area contributed by atoms with E-state index in [9.17, 15) is 13.6 Å². The molecular formula is C15H19F2NO2. The predicted octanol–water partition coefficient (Wildman–Crippen LogP) is 2.76. The molecule has 5 heteroatoms. The van der Waals surface area contributed by atoms with Crippen LogP contribution in [0.1, 0.15) is 30.6 Å². The highest BCUT2D eigenvalue weighted by Gasteiger charge is 2.31. The first-order valence-electron chi connectivity index (χ1n) is 6.84. The lowest BCUT2D eigenvalue weighted by atomic mass is 9.93. The van der Waals surface area contributed by atoms with E-state index in [1.807, 2.05) is 0 Å². The summed E-state index contributed by atoms with van der Waals surface area (Å²) in [6.45, 7) is 5.23. The van der Waals surface area contributed by atoms with Crippen molar-refractivity contribution in [3.63, 3.8) is 0 Å². The molecule has 1 amide bonds. The van der Waals surface area contributed by atoms with Gasteiger partial charge in [-0.3, -0.25) is 4.79 Å². The van der Waals surface area contributed by atoms with E-state index in [1.165, 1.54) is 12.1 Å². The number of benzene rings is 1. The average Bonchev–Trinajstić information content (AvgIpc) is 2.87. The fourth-order valence-electron chi connectivity index (χ4n) is 2.61. The molecule has 0 saturated carbocycles. The Hall–Kier alpha value is -1.49. The summed E-state index contributed by atoms with van der Waals surface area (Å²) in [5.74, 6) is -2.12. The Kier molecular flexibility index (Phi) is 4.70. The van der Waals surface area contributed by atoms with Gasteiger partial charge in [-0.2, -0.15) is 0 Å². The molecule has 1 heterocycles. The minimum Gasteiger partial charge on any atom is -0.378 e. The molecule has 1 fully saturated rings. The van der Waals surface area contributed by atoms with E-state index < -0.39 is 17.5 Å². The van der Waals surface area contributed by atoms with Crippen molar-refractivity contribution in [3.8, 4) is 0 Å². The summed E-state index contributed by atoms with van der Waals surface area (Å²) < 4.78 is 32.2. The highest BCUT2D eigenvalue weighted by Crippen LogP contribution is 2.26. The zero-order valence-electron chi connectivity index (χ0n) is 11.7. The molecule has 0 bridgehead atoms. The van der Waals surface area contributed by atoms with E-state index in [1.54, 1.807) is 0 Å². The van der Waals surface area contributed by atoms with E-state index in [4.69, 9.17) is 4.74 Å². The normalized spacial score (nSPS) is 22.2. The van der Waals surface area contributed by atoms with Crippen LogP contribution < -0.4 is 5.32 Å². The van der Waals surface area contributed by atoms with Gasteiger partial charge in [-0.05, 0) is 24.5 Å². The van der Waals surface area contributed by atoms with Crippen LogP contribution in [0.5, 0.6) is 0 Å². The number of ether oxygens (including phenoxy) is 1. The van der Waals surface area contributed by atoms with Crippen LogP contribution >= 0.6 is 0 Å². The first-order valence-corrected chi connectivity index (χ1v) is 6.84. The third-order valence-corrected chi connectivity index (χ3v) is 3.64. The standard InChI is InChI=1S/C15H19F2NO2/c1-9(2)14-10(6-7-20-14)8-18-15(19)11-4-3-5-12(16)13(11)17/h3-5,9-10,14H,6-8H2,1-2H3,(H,18,19)/t10-,14-/m0/s1. The average molecular weight is 283 g/mol. The maximum atomic E-state index is 13.5. The molecule has 1 aromatic carbocycles. The number of carbonyl (C=O) groups excluding carboxylic acids is 1. The van der Waals surface area contributed by atoms with Crippen LogP contribution in [-0.2, 0) is 4.74 Å². The molecule has 1 saturated heterocycles. The Labute approximate surface area is 117 Å². The molecule has 1 aliphatic rings. The number of rotatable bonds is 4. The maximum Gasteiger partial charge on any atom is 0.254 e. The second kappa shape index (κ2) is 6.31. The van der Waals surface area contributed by atoms with Crippen molar-refractivity contribution in [3.05, 3.63) is 35.4 Å². The summed E-state index contributed by atoms with van der Waals surface area (Å²) in [6.07, 6.45) is 0.974. The number of hydrogen-bond donors (Lipinski definition) is 1. The van der Waals surface area contributed by atoms with Crippen molar-refractivity contribution in [1.29, 1.82) is 0 Å². The zero-order valence-corrected chi connectivity index (χ0v) is 11.7. The van der Waals surface area contributed by atoms with Gasteiger partial charge in [0.05, 0.1) is 11.7 Å². The second-order valence-electron chi connectivity index (χ2n) is 5.44. The summed E-state index contributed by atoms with van der Waals surface area (Å²) in [5, 5.41) is 2.67. The number of amides is 1. The first-order chi connectivity index (χ1) is 9.50. The van der Waals surface area contributed by atoms with Gasteiger partial charge in [0.15, 0.2) is 11.6 Å². The minimum absolute atomic E-state index is 0.104. The largest absolute Gasteiger partial charge is 0.378 e. The van der Waals surface area contributed by atoms with Gasteiger partial charge in [-0.15, -0.1) is 0 Å². The van der Waals surface area contributed by atoms with Crippen molar-refractivity contribution in [2.75, 3.05) is 13.2 Å². The van der Waals surface area contributed by atoms with E-state index in [-0.39, 0.29) is 17.6 Å². The van der Waals surface area contributed by atoms with Crippen LogP contribution in [0.15, 0.2) is 18.2 Å². The molecule has 0 aliphatic carbocycles. The molecule has 1 N–H and O–H groups in total. The molecule has 3 nitrogen and oxygen atoms in total. The molecule has 0 aromatic heterocycles. The Bertz CT molecular complexity index is 491. The highest BCUT2D eigenvalue weighted by atomic mass is 19.2. The zero-order chi connectivity index (χ0) is 14.7. The van der Waals surface area contributed by atoms with E-state index >= 15 is 0 Å². The van der Waals surface area contributed by atoms with Crippen LogP contribution in [0.25, 0.3) is 0 Å². The quantitative estimate of drug-likeness (QED) is 0.922. The lowest BCUT2D eigenvalue weighted by Gasteiger charge is -2.22. The SMILES string of the molecule is CC(C)[C@@H]1OCC[C@H]1CNC(=O)c1cccc(F)c1F. The lowest BCUT2D eigenvalue weighted by molar-refractivity contribution is 0.0533. The van der Waals surface area contributed by atoms with Gasteiger partial charge >= 0.3 is 0 Å². The molecule has 0 spiro atoms. The van der Waals surface area contributed by atoms with Crippen molar-refractivity contribution in [2.24, 2.45) is 11.8 Å². The second-order valence-corrected chi connectivity index (χ2v) is 5.44. The summed E-state index contributed by atoms with van der Waals surface area (Å²) in [6, 6.07) is 3.59. The fraction of sp³-hybridized carbons (Fsp3) is 0.533. The van der Waals surface area contributed by atoms with Crippen molar-refractivity contribution in [1.82, 2.24) is 5.32 Å². The van der Waals surface area contributed by atoms with Crippen molar-refractivity contribution < 1.29 is 18.3 Å². The Morgan fingerprint density at radius 1 is 1.45 bits per heavy atom. The smallest absolute Gasteiger partial charge is 0.254 e. The van der Waals surface area contributed by atoms with Gasteiger partial charge in [0.2, 0.25) is 0 Å². The third-order valence-electron chi connectivity index (χ3n) is 3.64. The summed E-state index contributed by atoms with van der Waals surface area (Å²) in [7, 11) is 0. The van der Waals surface area contributed by atoms with Crippen LogP contribution in [0.3, 0.4) is 0 Å². The molecule has 0 unspecified atom stereocenters. The van der Waals surface area contributed by atoms with Gasteiger partial charge in [-0.1, -0.05) is 19.9 Å². The fourth-order valence-corrected chi connectivity index (χ4v) is 2.61. The van der Waals surface area contributed by atoms with Gasteiger partial charge in [-0.25, -0.2) is 8.78 Å². The van der Waals surface area contributed by atoms with Crippen LogP contribution in [-0.4, -0.2) is 25.2 Å². The van der Waals surface area contributed by atoms with Crippen LogP contribution in [0, 0.1) is 23.5 Å². The van der Waals surface area contributed by atoms with E-state index in [0.29, 0.717) is 19.1 Å². The molecule has 20 heavy (non-hydrogen) atoms. The minimum atomic E-state index is -1.10. The third kappa shape index (κ3) is 3.15. The lowest BCUT2D eigenvalue weighted by Crippen LogP contribution is -2.35.